The summed E-state index contributed by atoms with van der Waals surface area (Å²) >= 11 is 4.52. The fourth-order valence-electron chi connectivity index (χ4n) is 0.984. The molecule has 3 nitrogen and oxygen atoms in total. The summed E-state index contributed by atoms with van der Waals surface area (Å²) in [4.78, 5) is 0. The predicted molar refractivity (Wildman–Crippen MR) is 69.9 cm³/mol. The van der Waals surface area contributed by atoms with Crippen LogP contribution >= 0.6 is 12.6 Å². The van der Waals surface area contributed by atoms with Gasteiger partial charge in [-0.3, -0.25) is 0 Å². The molecule has 0 aliphatic heterocycles. The lowest BCUT2D eigenvalue weighted by Crippen LogP contribution is -2.36. The van der Waals surface area contributed by atoms with Crippen LogP contribution in [0.15, 0.2) is 12.7 Å². The Hall–Kier alpha value is -0.0300. The first-order valence-electron chi connectivity index (χ1n) is 4.46. The highest BCUT2D eigenvalue weighted by Crippen LogP contribution is 2.24. The molecule has 1 unspecified atom stereocenters. The number of rotatable bonds is 5. The summed E-state index contributed by atoms with van der Waals surface area (Å²) in [7, 11) is 0. The van der Waals surface area contributed by atoms with E-state index in [9.17, 15) is 0 Å². The van der Waals surface area contributed by atoms with Crippen LogP contribution in [0.25, 0.3) is 0 Å². The molecule has 0 fully saturated rings. The zero-order valence-corrected chi connectivity index (χ0v) is 10.9. The Bertz CT molecular complexity index is 141. The molecule has 0 aliphatic rings. The molecule has 1 atom stereocenters. The van der Waals surface area contributed by atoms with Crippen molar-refractivity contribution >= 4 is 12.6 Å². The maximum atomic E-state index is 4.52. The molecule has 0 saturated carbocycles. The van der Waals surface area contributed by atoms with Crippen molar-refractivity contribution in [2.45, 2.75) is 38.5 Å². The Morgan fingerprint density at radius 3 is 2.00 bits per heavy atom. The Morgan fingerprint density at radius 2 is 1.79 bits per heavy atom. The zero-order valence-electron chi connectivity index (χ0n) is 10.0. The first kappa shape index (κ1) is 19.5. The predicted octanol–water partition coefficient (Wildman–Crippen LogP) is 2.82. The summed E-state index contributed by atoms with van der Waals surface area (Å²) in [6, 6.07) is 0.531. The van der Waals surface area contributed by atoms with Crippen molar-refractivity contribution in [1.29, 1.82) is 0 Å². The Kier molecular flexibility index (Phi) is 11.6. The van der Waals surface area contributed by atoms with Gasteiger partial charge in [0, 0.05) is 23.3 Å². The lowest BCUT2D eigenvalue weighted by molar-refractivity contribution is 0.448. The topological polar surface area (TPSA) is 82.0 Å². The molecule has 0 bridgehead atoms. The molecule has 0 aliphatic carbocycles. The molecule has 7 N–H and O–H groups in total. The standard InChI is InChI=1S/C10H21NS.2H3N/c1-6-9(10(4,5)12)7-11-8(2)3;;/h6,8-9,11-12H,1,7H2,2-5H3;2*1H3. The second kappa shape index (κ2) is 8.29. The van der Waals surface area contributed by atoms with E-state index in [0.29, 0.717) is 12.0 Å². The van der Waals surface area contributed by atoms with Gasteiger partial charge in [0.25, 0.3) is 0 Å². The monoisotopic (exact) mass is 221 g/mol. The van der Waals surface area contributed by atoms with E-state index in [1.165, 1.54) is 0 Å². The summed E-state index contributed by atoms with van der Waals surface area (Å²) in [5.74, 6) is 0.420. The third-order valence-corrected chi connectivity index (χ3v) is 2.27. The fraction of sp³-hybridized carbons (Fsp3) is 0.800. The molecule has 0 aromatic rings. The maximum Gasteiger partial charge on any atom is 0.0148 e. The zero-order chi connectivity index (χ0) is 9.78. The van der Waals surface area contributed by atoms with E-state index in [1.807, 2.05) is 6.08 Å². The summed E-state index contributed by atoms with van der Waals surface area (Å²) in [6.07, 6.45) is 1.97. The molecule has 0 rings (SSSR count). The van der Waals surface area contributed by atoms with Crippen LogP contribution in [0.2, 0.25) is 0 Å². The normalized spacial score (nSPS) is 12.7. The van der Waals surface area contributed by atoms with Gasteiger partial charge in [-0.2, -0.15) is 12.6 Å². The van der Waals surface area contributed by atoms with Gasteiger partial charge in [-0.25, -0.2) is 0 Å². The van der Waals surface area contributed by atoms with Crippen LogP contribution in [-0.4, -0.2) is 17.3 Å². The van der Waals surface area contributed by atoms with E-state index in [1.54, 1.807) is 0 Å². The van der Waals surface area contributed by atoms with Crippen molar-refractivity contribution in [3.63, 3.8) is 0 Å². The van der Waals surface area contributed by atoms with Crippen LogP contribution in [0.4, 0.5) is 0 Å². The van der Waals surface area contributed by atoms with E-state index in [2.05, 4.69) is 52.2 Å². The van der Waals surface area contributed by atoms with Gasteiger partial charge in [-0.15, -0.1) is 6.58 Å². The van der Waals surface area contributed by atoms with Crippen molar-refractivity contribution in [3.05, 3.63) is 12.7 Å². The minimum Gasteiger partial charge on any atom is -0.344 e. The molecule has 0 heterocycles. The quantitative estimate of drug-likeness (QED) is 0.425. The second-order valence-corrected chi connectivity index (χ2v) is 5.21. The van der Waals surface area contributed by atoms with E-state index in [4.69, 9.17) is 0 Å². The summed E-state index contributed by atoms with van der Waals surface area (Å²) in [5, 5.41) is 3.38. The Balaban J connectivity index is -0.000000605. The average Bonchev–Trinajstić information content (AvgIpc) is 1.85. The fourth-order valence-corrected chi connectivity index (χ4v) is 1.18. The van der Waals surface area contributed by atoms with Gasteiger partial charge in [-0.05, 0) is 0 Å². The number of nitrogens with one attached hydrogen (secondary N) is 1. The third-order valence-electron chi connectivity index (χ3n) is 1.94. The van der Waals surface area contributed by atoms with Crippen molar-refractivity contribution in [2.24, 2.45) is 5.92 Å². The van der Waals surface area contributed by atoms with Gasteiger partial charge >= 0.3 is 0 Å². The lowest BCUT2D eigenvalue weighted by atomic mass is 9.94. The number of hydrogen-bond donors (Lipinski definition) is 4. The van der Waals surface area contributed by atoms with Crippen molar-refractivity contribution in [1.82, 2.24) is 17.6 Å². The van der Waals surface area contributed by atoms with Gasteiger partial charge in [-0.1, -0.05) is 33.8 Å². The van der Waals surface area contributed by atoms with E-state index in [0.717, 1.165) is 6.54 Å². The van der Waals surface area contributed by atoms with E-state index in [-0.39, 0.29) is 17.0 Å². The summed E-state index contributed by atoms with van der Waals surface area (Å²) in [5.41, 5.74) is 0. The molecule has 0 radical (unpaired) electrons. The highest BCUT2D eigenvalue weighted by atomic mass is 32.1. The van der Waals surface area contributed by atoms with Crippen LogP contribution in [0.3, 0.4) is 0 Å². The molecule has 14 heavy (non-hydrogen) atoms. The van der Waals surface area contributed by atoms with Crippen LogP contribution in [0, 0.1) is 5.92 Å². The lowest BCUT2D eigenvalue weighted by Gasteiger charge is -2.28. The summed E-state index contributed by atoms with van der Waals surface area (Å²) < 4.78 is 0.0175. The molecule has 0 aromatic carbocycles. The first-order chi connectivity index (χ1) is 5.38. The van der Waals surface area contributed by atoms with Crippen molar-refractivity contribution in [2.75, 3.05) is 6.54 Å². The molecule has 0 amide bonds. The minimum atomic E-state index is 0. The van der Waals surface area contributed by atoms with Gasteiger partial charge < -0.3 is 17.6 Å². The largest absolute Gasteiger partial charge is 0.344 e. The molecule has 88 valence electrons. The smallest absolute Gasteiger partial charge is 0.0148 e. The number of hydrogen-bond acceptors (Lipinski definition) is 4. The van der Waals surface area contributed by atoms with Crippen LogP contribution in [0.5, 0.6) is 0 Å². The highest BCUT2D eigenvalue weighted by molar-refractivity contribution is 7.81. The SMILES string of the molecule is C=CC(CNC(C)C)C(C)(C)S.N.N. The maximum absolute atomic E-state index is 4.52. The Morgan fingerprint density at radius 1 is 1.36 bits per heavy atom. The van der Waals surface area contributed by atoms with Crippen LogP contribution < -0.4 is 17.6 Å². The molecular formula is C10H27N3S. The molecular weight excluding hydrogens is 194 g/mol. The Labute approximate surface area is 94.3 Å². The van der Waals surface area contributed by atoms with Gasteiger partial charge in [0.15, 0.2) is 0 Å². The van der Waals surface area contributed by atoms with Crippen molar-refractivity contribution in [3.8, 4) is 0 Å². The van der Waals surface area contributed by atoms with Crippen LogP contribution in [0.1, 0.15) is 27.7 Å². The van der Waals surface area contributed by atoms with E-state index < -0.39 is 0 Å². The van der Waals surface area contributed by atoms with Crippen LogP contribution in [-0.2, 0) is 0 Å². The summed E-state index contributed by atoms with van der Waals surface area (Å²) in [6.45, 7) is 13.3. The third kappa shape index (κ3) is 8.56. The molecule has 4 heteroatoms. The molecule has 0 saturated heterocycles. The molecule has 0 aromatic heterocycles. The minimum absolute atomic E-state index is 0. The highest BCUT2D eigenvalue weighted by Gasteiger charge is 2.22. The average molecular weight is 221 g/mol. The van der Waals surface area contributed by atoms with E-state index >= 15 is 0 Å². The van der Waals surface area contributed by atoms with Gasteiger partial charge in [0.05, 0.1) is 0 Å². The van der Waals surface area contributed by atoms with Gasteiger partial charge in [0.2, 0.25) is 0 Å². The number of thiol groups is 1. The second-order valence-electron chi connectivity index (χ2n) is 4.06. The first-order valence-corrected chi connectivity index (χ1v) is 4.91. The van der Waals surface area contributed by atoms with Gasteiger partial charge in [0.1, 0.15) is 0 Å². The molecule has 0 spiro atoms. The van der Waals surface area contributed by atoms with Crippen molar-refractivity contribution < 1.29 is 0 Å².